The topological polar surface area (TPSA) is 41.4 Å². The monoisotopic (exact) mass is 272 g/mol. The summed E-state index contributed by atoms with van der Waals surface area (Å²) in [4.78, 5) is 15.2. The fourth-order valence-electron chi connectivity index (χ4n) is 2.22. The molecule has 2 aromatic rings. The fraction of sp³-hybridized carbons (Fsp3) is 0.214. The lowest BCUT2D eigenvalue weighted by Gasteiger charge is -2.27. The van der Waals surface area contributed by atoms with Crippen molar-refractivity contribution in [2.24, 2.45) is 4.99 Å². The van der Waals surface area contributed by atoms with Gasteiger partial charge in [-0.2, -0.15) is 0 Å². The van der Waals surface area contributed by atoms with Crippen molar-refractivity contribution in [1.82, 2.24) is 9.97 Å². The maximum Gasteiger partial charge on any atom is 0.140 e. The maximum atomic E-state index is 6.19. The van der Waals surface area contributed by atoms with E-state index in [2.05, 4.69) is 21.5 Å². The summed E-state index contributed by atoms with van der Waals surface area (Å²) in [6.07, 6.45) is 0. The third kappa shape index (κ3) is 1.79. The first-order valence-corrected chi connectivity index (χ1v) is 6.31. The number of aromatic nitrogens is 2. The zero-order chi connectivity index (χ0) is 13.7. The van der Waals surface area contributed by atoms with E-state index in [4.69, 9.17) is 11.6 Å². The highest BCUT2D eigenvalue weighted by atomic mass is 35.5. The third-order valence-electron chi connectivity index (χ3n) is 3.33. The molecule has 0 saturated heterocycles. The number of rotatable bonds is 0. The van der Waals surface area contributed by atoms with E-state index >= 15 is 0 Å². The summed E-state index contributed by atoms with van der Waals surface area (Å²) in [6.45, 7) is 7.80. The Kier molecular flexibility index (Phi) is 2.57. The first kappa shape index (κ1) is 12.1. The predicted molar refractivity (Wildman–Crippen MR) is 79.6 cm³/mol. The van der Waals surface area contributed by atoms with Gasteiger partial charge in [0.2, 0.25) is 0 Å². The average Bonchev–Trinajstić information content (AvgIpc) is 2.34. The smallest absolute Gasteiger partial charge is 0.140 e. The first-order chi connectivity index (χ1) is 8.97. The van der Waals surface area contributed by atoms with Gasteiger partial charge >= 0.3 is 0 Å². The second kappa shape index (κ2) is 4.03. The summed E-state index contributed by atoms with van der Waals surface area (Å²) in [5.74, 6) is 0.659. The van der Waals surface area contributed by atoms with Gasteiger partial charge in [0.1, 0.15) is 11.0 Å². The van der Waals surface area contributed by atoms with Crippen molar-refractivity contribution in [2.75, 3.05) is 11.9 Å². The second-order valence-corrected chi connectivity index (χ2v) is 4.98. The van der Waals surface area contributed by atoms with Gasteiger partial charge < -0.3 is 4.90 Å². The number of anilines is 1. The molecule has 0 N–H and O–H groups in total. The van der Waals surface area contributed by atoms with Crippen molar-refractivity contribution in [3.05, 3.63) is 35.4 Å². The molecule has 1 aromatic heterocycles. The third-order valence-corrected chi connectivity index (χ3v) is 3.62. The van der Waals surface area contributed by atoms with Crippen LogP contribution >= 0.6 is 11.6 Å². The van der Waals surface area contributed by atoms with E-state index in [9.17, 15) is 0 Å². The van der Waals surface area contributed by atoms with Gasteiger partial charge in [-0.25, -0.2) is 15.0 Å². The van der Waals surface area contributed by atoms with Crippen molar-refractivity contribution < 1.29 is 0 Å². The molecule has 3 rings (SSSR count). The van der Waals surface area contributed by atoms with Gasteiger partial charge in [-0.3, -0.25) is 0 Å². The van der Waals surface area contributed by atoms with E-state index in [1.165, 1.54) is 0 Å². The molecular weight excluding hydrogens is 260 g/mol. The zero-order valence-electron chi connectivity index (χ0n) is 11.0. The lowest BCUT2D eigenvalue weighted by atomic mass is 10.1. The number of benzene rings is 1. The van der Waals surface area contributed by atoms with Crippen molar-refractivity contribution in [1.29, 1.82) is 0 Å². The van der Waals surface area contributed by atoms with Crippen molar-refractivity contribution >= 4 is 39.6 Å². The summed E-state index contributed by atoms with van der Waals surface area (Å²) in [6, 6.07) is 3.91. The average molecular weight is 273 g/mol. The molecule has 2 heterocycles. The van der Waals surface area contributed by atoms with Crippen LogP contribution in [0, 0.1) is 6.92 Å². The highest BCUT2D eigenvalue weighted by Crippen LogP contribution is 2.38. The molecule has 0 bridgehead atoms. The Morgan fingerprint density at radius 3 is 2.68 bits per heavy atom. The summed E-state index contributed by atoms with van der Waals surface area (Å²) in [5.41, 5.74) is 4.46. The van der Waals surface area contributed by atoms with E-state index < -0.39 is 0 Å². The zero-order valence-corrected chi connectivity index (χ0v) is 11.8. The highest BCUT2D eigenvalue weighted by molar-refractivity contribution is 6.34. The molecule has 1 aliphatic rings. The molecule has 0 unspecified atom stereocenters. The molecule has 0 radical (unpaired) electrons. The van der Waals surface area contributed by atoms with Gasteiger partial charge in [0, 0.05) is 12.4 Å². The van der Waals surface area contributed by atoms with Crippen LogP contribution in [0.1, 0.15) is 12.7 Å². The van der Waals surface area contributed by atoms with Gasteiger partial charge in [-0.05, 0) is 26.0 Å². The van der Waals surface area contributed by atoms with Gasteiger partial charge in [0.15, 0.2) is 0 Å². The quantitative estimate of drug-likeness (QED) is 0.688. The molecule has 0 fully saturated rings. The minimum absolute atomic E-state index is 0.468. The summed E-state index contributed by atoms with van der Waals surface area (Å²) < 4.78 is 0. The van der Waals surface area contributed by atoms with Crippen LogP contribution in [0.15, 0.2) is 29.4 Å². The minimum Gasteiger partial charge on any atom is -0.342 e. The lowest BCUT2D eigenvalue weighted by molar-refractivity contribution is 1.09. The Morgan fingerprint density at radius 2 is 1.95 bits per heavy atom. The Bertz CT molecular complexity index is 749. The van der Waals surface area contributed by atoms with Crippen LogP contribution in [-0.4, -0.2) is 22.7 Å². The Balaban J connectivity index is 2.36. The molecule has 0 aliphatic carbocycles. The number of halogens is 1. The van der Waals surface area contributed by atoms with Crippen LogP contribution in [0.2, 0.25) is 5.15 Å². The molecule has 0 saturated carbocycles. The number of nitrogens with zero attached hydrogens (tertiary/aromatic N) is 4. The van der Waals surface area contributed by atoms with Crippen LogP contribution in [0.5, 0.6) is 0 Å². The molecule has 1 aliphatic heterocycles. The first-order valence-electron chi connectivity index (χ1n) is 5.93. The van der Waals surface area contributed by atoms with E-state index in [1.807, 2.05) is 37.9 Å². The van der Waals surface area contributed by atoms with Gasteiger partial charge in [-0.1, -0.05) is 18.2 Å². The van der Waals surface area contributed by atoms with Crippen molar-refractivity contribution in [3.8, 4) is 0 Å². The Labute approximate surface area is 116 Å². The standard InChI is InChI=1S/C14H13ClN4/c1-7-8(2)19(4)13-5-10-11(6-12(13)16-7)17-9(3)18-14(10)15/h5-6H,2H2,1,3-4H3. The molecule has 0 atom stereocenters. The lowest BCUT2D eigenvalue weighted by Crippen LogP contribution is -2.23. The highest BCUT2D eigenvalue weighted by Gasteiger charge is 2.19. The van der Waals surface area contributed by atoms with Crippen molar-refractivity contribution in [3.63, 3.8) is 0 Å². The molecule has 0 amide bonds. The largest absolute Gasteiger partial charge is 0.342 e. The van der Waals surface area contributed by atoms with Gasteiger partial charge in [0.05, 0.1) is 28.3 Å². The second-order valence-electron chi connectivity index (χ2n) is 4.62. The molecule has 19 heavy (non-hydrogen) atoms. The summed E-state index contributed by atoms with van der Waals surface area (Å²) in [5, 5.41) is 1.30. The molecule has 4 nitrogen and oxygen atoms in total. The van der Waals surface area contributed by atoms with Crippen LogP contribution < -0.4 is 4.90 Å². The Hall–Kier alpha value is -1.94. The number of allylic oxidation sites excluding steroid dienone is 1. The van der Waals surface area contributed by atoms with Crippen LogP contribution in [0.3, 0.4) is 0 Å². The number of hydrogen-bond acceptors (Lipinski definition) is 4. The summed E-state index contributed by atoms with van der Waals surface area (Å²) in [7, 11) is 1.97. The van der Waals surface area contributed by atoms with Gasteiger partial charge in [0.25, 0.3) is 0 Å². The minimum atomic E-state index is 0.468. The van der Waals surface area contributed by atoms with E-state index in [0.717, 1.165) is 33.7 Å². The van der Waals surface area contributed by atoms with E-state index in [-0.39, 0.29) is 0 Å². The van der Waals surface area contributed by atoms with E-state index in [0.29, 0.717) is 11.0 Å². The predicted octanol–water partition coefficient (Wildman–Crippen LogP) is 3.65. The van der Waals surface area contributed by atoms with Crippen LogP contribution in [-0.2, 0) is 0 Å². The normalized spacial score (nSPS) is 14.6. The Morgan fingerprint density at radius 1 is 1.21 bits per heavy atom. The fourth-order valence-corrected chi connectivity index (χ4v) is 2.49. The molecule has 5 heteroatoms. The molecule has 0 spiro atoms. The van der Waals surface area contributed by atoms with Gasteiger partial charge in [-0.15, -0.1) is 0 Å². The van der Waals surface area contributed by atoms with Crippen LogP contribution in [0.25, 0.3) is 10.9 Å². The number of hydrogen-bond donors (Lipinski definition) is 0. The van der Waals surface area contributed by atoms with Crippen LogP contribution in [0.4, 0.5) is 11.4 Å². The van der Waals surface area contributed by atoms with E-state index in [1.54, 1.807) is 0 Å². The molecular formula is C14H13ClN4. The van der Waals surface area contributed by atoms with Crippen molar-refractivity contribution in [2.45, 2.75) is 13.8 Å². The number of fused-ring (bicyclic) bond motifs is 2. The maximum absolute atomic E-state index is 6.19. The number of aryl methyl sites for hydroxylation is 1. The molecule has 96 valence electrons. The summed E-state index contributed by atoms with van der Waals surface area (Å²) >= 11 is 6.19. The molecule has 1 aromatic carbocycles. The SMILES string of the molecule is C=C1C(C)=Nc2cc3nc(C)nc(Cl)c3cc2N1C. The number of aliphatic imine (C=N–C) groups is 1.